The van der Waals surface area contributed by atoms with Crippen LogP contribution in [0.5, 0.6) is 0 Å². The minimum Gasteiger partial charge on any atom is -0.459 e. The molecular formula is C22H21ClN6O2. The summed E-state index contributed by atoms with van der Waals surface area (Å²) in [6.07, 6.45) is 4.02. The van der Waals surface area contributed by atoms with Gasteiger partial charge in [-0.05, 0) is 30.3 Å². The number of halogens is 1. The number of benzene rings is 1. The number of carbonyl (C=O) groups is 1. The number of hydrogen-bond donors (Lipinski definition) is 0. The van der Waals surface area contributed by atoms with Crippen LogP contribution >= 0.6 is 11.6 Å². The zero-order chi connectivity index (χ0) is 21.4. The molecule has 0 unspecified atom stereocenters. The van der Waals surface area contributed by atoms with E-state index in [-0.39, 0.29) is 5.91 Å². The Bertz CT molecular complexity index is 1230. The fraction of sp³-hybridized carbons (Fsp3) is 0.273. The second-order valence-corrected chi connectivity index (χ2v) is 7.78. The topological polar surface area (TPSA) is 80.3 Å². The summed E-state index contributed by atoms with van der Waals surface area (Å²) < 4.78 is 7.05. The van der Waals surface area contributed by atoms with Gasteiger partial charge in [0, 0.05) is 37.6 Å². The lowest BCUT2D eigenvalue weighted by Crippen LogP contribution is -2.49. The third-order valence-electron chi connectivity index (χ3n) is 5.42. The first-order valence-corrected chi connectivity index (χ1v) is 10.6. The molecule has 5 rings (SSSR count). The molecule has 1 saturated heterocycles. The first-order valence-electron chi connectivity index (χ1n) is 10.2. The summed E-state index contributed by atoms with van der Waals surface area (Å²) >= 11 is 6.18. The summed E-state index contributed by atoms with van der Waals surface area (Å²) in [6.45, 7) is 4.56. The molecule has 8 nitrogen and oxygen atoms in total. The predicted octanol–water partition coefficient (Wildman–Crippen LogP) is 3.59. The van der Waals surface area contributed by atoms with E-state index in [1.165, 1.54) is 6.26 Å². The number of amides is 1. The van der Waals surface area contributed by atoms with E-state index >= 15 is 0 Å². The maximum atomic E-state index is 12.6. The summed E-state index contributed by atoms with van der Waals surface area (Å²) in [5.41, 5.74) is 1.60. The summed E-state index contributed by atoms with van der Waals surface area (Å²) in [5.74, 6) is 1.88. The van der Waals surface area contributed by atoms with Gasteiger partial charge in [-0.25, -0.2) is 14.6 Å². The maximum Gasteiger partial charge on any atom is 0.289 e. The molecule has 0 spiro atoms. The van der Waals surface area contributed by atoms with Gasteiger partial charge in [0.25, 0.3) is 5.91 Å². The number of aromatic nitrogens is 4. The van der Waals surface area contributed by atoms with Crippen LogP contribution in [0.1, 0.15) is 23.3 Å². The van der Waals surface area contributed by atoms with Crippen LogP contribution in [0.3, 0.4) is 0 Å². The minimum absolute atomic E-state index is 0.0829. The average Bonchev–Trinajstić information content (AvgIpc) is 3.48. The van der Waals surface area contributed by atoms with E-state index in [0.717, 1.165) is 28.4 Å². The molecule has 0 N–H and O–H groups in total. The Morgan fingerprint density at radius 2 is 1.97 bits per heavy atom. The summed E-state index contributed by atoms with van der Waals surface area (Å²) in [5, 5.41) is 6.09. The van der Waals surface area contributed by atoms with E-state index in [1.54, 1.807) is 23.0 Å². The van der Waals surface area contributed by atoms with Crippen molar-refractivity contribution in [2.24, 2.45) is 0 Å². The van der Waals surface area contributed by atoms with E-state index < -0.39 is 0 Å². The number of furan rings is 1. The van der Waals surface area contributed by atoms with Crippen LogP contribution in [0.15, 0.2) is 53.3 Å². The molecule has 9 heteroatoms. The van der Waals surface area contributed by atoms with Gasteiger partial charge < -0.3 is 14.2 Å². The molecule has 0 saturated carbocycles. The molecule has 1 fully saturated rings. The van der Waals surface area contributed by atoms with Crippen molar-refractivity contribution >= 4 is 34.4 Å². The number of hydrogen-bond acceptors (Lipinski definition) is 6. The van der Waals surface area contributed by atoms with Crippen LogP contribution in [0.4, 0.5) is 5.82 Å². The number of carbonyl (C=O) groups excluding carboxylic acids is 1. The van der Waals surface area contributed by atoms with E-state index in [9.17, 15) is 4.79 Å². The van der Waals surface area contributed by atoms with Gasteiger partial charge in [-0.15, -0.1) is 0 Å². The lowest BCUT2D eigenvalue weighted by Gasteiger charge is -2.35. The monoisotopic (exact) mass is 436 g/mol. The Balaban J connectivity index is 1.46. The molecule has 0 atom stereocenters. The molecule has 4 heterocycles. The number of fused-ring (bicyclic) bond motifs is 1. The third-order valence-corrected chi connectivity index (χ3v) is 5.66. The van der Waals surface area contributed by atoms with Crippen molar-refractivity contribution in [2.45, 2.75) is 13.3 Å². The number of rotatable bonds is 4. The van der Waals surface area contributed by atoms with Crippen molar-refractivity contribution in [1.29, 1.82) is 0 Å². The third kappa shape index (κ3) is 3.63. The van der Waals surface area contributed by atoms with E-state index in [0.29, 0.717) is 43.4 Å². The second-order valence-electron chi connectivity index (χ2n) is 7.35. The normalized spacial score (nSPS) is 14.4. The van der Waals surface area contributed by atoms with E-state index in [2.05, 4.69) is 10.00 Å². The van der Waals surface area contributed by atoms with Crippen molar-refractivity contribution < 1.29 is 9.21 Å². The average molecular weight is 437 g/mol. The largest absolute Gasteiger partial charge is 0.459 e. The first kappa shape index (κ1) is 19.6. The summed E-state index contributed by atoms with van der Waals surface area (Å²) in [4.78, 5) is 26.1. The molecule has 3 aromatic heterocycles. The van der Waals surface area contributed by atoms with Crippen molar-refractivity contribution in [3.63, 3.8) is 0 Å². The van der Waals surface area contributed by atoms with Crippen LogP contribution in [-0.2, 0) is 6.42 Å². The van der Waals surface area contributed by atoms with Gasteiger partial charge in [0.2, 0.25) is 0 Å². The highest BCUT2D eigenvalue weighted by Gasteiger charge is 2.26. The Labute approximate surface area is 184 Å². The molecule has 31 heavy (non-hydrogen) atoms. The van der Waals surface area contributed by atoms with Gasteiger partial charge in [0.15, 0.2) is 11.4 Å². The number of piperazine rings is 1. The first-order chi connectivity index (χ1) is 15.1. The zero-order valence-corrected chi connectivity index (χ0v) is 17.8. The van der Waals surface area contributed by atoms with Crippen molar-refractivity contribution in [3.8, 4) is 5.69 Å². The van der Waals surface area contributed by atoms with Crippen molar-refractivity contribution in [1.82, 2.24) is 24.6 Å². The van der Waals surface area contributed by atoms with E-state index in [4.69, 9.17) is 26.0 Å². The highest BCUT2D eigenvalue weighted by molar-refractivity contribution is 6.30. The molecule has 0 bridgehead atoms. The maximum absolute atomic E-state index is 12.6. The lowest BCUT2D eigenvalue weighted by molar-refractivity contribution is 0.0714. The highest BCUT2D eigenvalue weighted by atomic mass is 35.5. The van der Waals surface area contributed by atoms with Gasteiger partial charge in [0.1, 0.15) is 11.6 Å². The molecule has 1 aliphatic rings. The van der Waals surface area contributed by atoms with Crippen LogP contribution < -0.4 is 4.90 Å². The molecule has 1 amide bonds. The molecule has 0 radical (unpaired) electrons. The lowest BCUT2D eigenvalue weighted by atomic mass is 10.2. The fourth-order valence-electron chi connectivity index (χ4n) is 3.81. The number of aryl methyl sites for hydroxylation is 1. The van der Waals surface area contributed by atoms with Crippen LogP contribution in [-0.4, -0.2) is 56.7 Å². The van der Waals surface area contributed by atoms with Crippen molar-refractivity contribution in [2.75, 3.05) is 31.1 Å². The number of nitrogens with zero attached hydrogens (tertiary/aromatic N) is 6. The highest BCUT2D eigenvalue weighted by Crippen LogP contribution is 2.27. The van der Waals surface area contributed by atoms with Gasteiger partial charge >= 0.3 is 0 Å². The summed E-state index contributed by atoms with van der Waals surface area (Å²) in [6, 6.07) is 11.0. The van der Waals surface area contributed by atoms with Gasteiger partial charge in [-0.3, -0.25) is 4.79 Å². The molecule has 4 aromatic rings. The zero-order valence-electron chi connectivity index (χ0n) is 17.0. The molecular weight excluding hydrogens is 416 g/mol. The SMILES string of the molecule is CCc1nc(N2CCN(C(=O)c3ccco3)CC2)c2cnn(-c3cccc(Cl)c3)c2n1. The Hall–Kier alpha value is -3.39. The standard InChI is InChI=1S/C22H21ClN6O2/c1-2-19-25-20(27-8-10-28(11-9-27)22(30)18-7-4-12-31-18)17-14-24-29(21(17)26-19)16-6-3-5-15(23)13-16/h3-7,12-14H,2,8-11H2,1H3. The Morgan fingerprint density at radius 1 is 1.13 bits per heavy atom. The Kier molecular flexibility index (Phi) is 5.07. The van der Waals surface area contributed by atoms with Crippen LogP contribution in [0, 0.1) is 0 Å². The molecule has 0 aliphatic carbocycles. The predicted molar refractivity (Wildman–Crippen MR) is 118 cm³/mol. The van der Waals surface area contributed by atoms with Crippen LogP contribution in [0.25, 0.3) is 16.7 Å². The van der Waals surface area contributed by atoms with Gasteiger partial charge in [0.05, 0.1) is 23.5 Å². The molecule has 1 aromatic carbocycles. The molecule has 158 valence electrons. The van der Waals surface area contributed by atoms with Crippen LogP contribution in [0.2, 0.25) is 5.02 Å². The fourth-order valence-corrected chi connectivity index (χ4v) is 3.99. The second kappa shape index (κ2) is 8.03. The smallest absolute Gasteiger partial charge is 0.289 e. The number of anilines is 1. The van der Waals surface area contributed by atoms with Gasteiger partial charge in [-0.2, -0.15) is 5.10 Å². The minimum atomic E-state index is -0.0829. The van der Waals surface area contributed by atoms with Gasteiger partial charge in [-0.1, -0.05) is 24.6 Å². The molecule has 1 aliphatic heterocycles. The van der Waals surface area contributed by atoms with Crippen molar-refractivity contribution in [3.05, 3.63) is 65.5 Å². The summed E-state index contributed by atoms with van der Waals surface area (Å²) in [7, 11) is 0. The quantitative estimate of drug-likeness (QED) is 0.486. The van der Waals surface area contributed by atoms with E-state index in [1.807, 2.05) is 36.1 Å². The Morgan fingerprint density at radius 3 is 2.68 bits per heavy atom.